The highest BCUT2D eigenvalue weighted by Gasteiger charge is 2.34. The normalized spacial score (nSPS) is 14.6. The number of ether oxygens (including phenoxy) is 2. The van der Waals surface area contributed by atoms with Crippen molar-refractivity contribution < 1.29 is 35.9 Å². The Morgan fingerprint density at radius 3 is 2.44 bits per heavy atom. The molecule has 1 amide bonds. The van der Waals surface area contributed by atoms with Gasteiger partial charge in [-0.05, 0) is 42.8 Å². The quantitative estimate of drug-likeness (QED) is 0.663. The average molecular weight is 493 g/mol. The Bertz CT molecular complexity index is 1120. The lowest BCUT2D eigenvalue weighted by Gasteiger charge is -2.25. The number of amides is 1. The molecule has 0 spiro atoms. The van der Waals surface area contributed by atoms with E-state index >= 15 is 0 Å². The van der Waals surface area contributed by atoms with Crippen LogP contribution in [0.15, 0.2) is 36.4 Å². The Morgan fingerprint density at radius 1 is 1.16 bits per heavy atom. The molecule has 1 aliphatic heterocycles. The van der Waals surface area contributed by atoms with E-state index < -0.39 is 45.3 Å². The maximum Gasteiger partial charge on any atom is 0.417 e. The second kappa shape index (κ2) is 9.07. The van der Waals surface area contributed by atoms with Crippen LogP contribution in [-0.2, 0) is 21.0 Å². The minimum absolute atomic E-state index is 0.327. The largest absolute Gasteiger partial charge is 0.486 e. The molecule has 2 aromatic carbocycles. The van der Waals surface area contributed by atoms with Gasteiger partial charge in [-0.15, -0.1) is 0 Å². The molecule has 7 nitrogen and oxygen atoms in total. The van der Waals surface area contributed by atoms with Gasteiger partial charge in [0.2, 0.25) is 15.9 Å². The van der Waals surface area contributed by atoms with Crippen molar-refractivity contribution in [3.05, 3.63) is 52.5 Å². The minimum Gasteiger partial charge on any atom is -0.486 e. The number of hydrogen-bond donors (Lipinski definition) is 1. The molecule has 2 aromatic rings. The molecule has 3 rings (SSSR count). The van der Waals surface area contributed by atoms with Crippen molar-refractivity contribution in [3.8, 4) is 11.5 Å². The lowest BCUT2D eigenvalue weighted by molar-refractivity contribution is -0.137. The Hall–Kier alpha value is -2.66. The van der Waals surface area contributed by atoms with Crippen LogP contribution in [0.3, 0.4) is 0 Å². The Kier molecular flexibility index (Phi) is 6.80. The van der Waals surface area contributed by atoms with E-state index in [2.05, 4.69) is 5.32 Å². The highest BCUT2D eigenvalue weighted by Crippen LogP contribution is 2.37. The molecule has 0 saturated carbocycles. The number of alkyl halides is 3. The van der Waals surface area contributed by atoms with Gasteiger partial charge in [-0.1, -0.05) is 17.7 Å². The molecule has 0 bridgehead atoms. The topological polar surface area (TPSA) is 84.9 Å². The number of rotatable bonds is 6. The first kappa shape index (κ1) is 24.0. The fraction of sp³-hybridized carbons (Fsp3) is 0.350. The van der Waals surface area contributed by atoms with Crippen molar-refractivity contribution in [3.63, 3.8) is 0 Å². The number of carbonyl (C=O) groups is 1. The standard InChI is InChI=1S/C20H20ClF3N2O5S/c1-12(13-3-6-17-18(9-13)31-8-7-30-17)25-19(27)11-26(32(2,28)29)14-4-5-16(21)15(10-14)20(22,23)24/h3-6,9-10,12H,7-8,11H2,1-2H3,(H,25,27)/t12-/m1/s1. The molecule has 1 atom stereocenters. The van der Waals surface area contributed by atoms with Crippen molar-refractivity contribution in [1.29, 1.82) is 0 Å². The molecule has 32 heavy (non-hydrogen) atoms. The van der Waals surface area contributed by atoms with E-state index in [9.17, 15) is 26.4 Å². The number of nitrogens with zero attached hydrogens (tertiary/aromatic N) is 1. The van der Waals surface area contributed by atoms with E-state index in [1.807, 2.05) is 0 Å². The number of nitrogens with one attached hydrogen (secondary N) is 1. The highest BCUT2D eigenvalue weighted by molar-refractivity contribution is 7.92. The third kappa shape index (κ3) is 5.57. The Balaban J connectivity index is 1.79. The molecule has 0 aromatic heterocycles. The van der Waals surface area contributed by atoms with Gasteiger partial charge in [-0.3, -0.25) is 9.10 Å². The van der Waals surface area contributed by atoms with E-state index in [-0.39, 0.29) is 5.69 Å². The van der Waals surface area contributed by atoms with Crippen LogP contribution in [0.4, 0.5) is 18.9 Å². The molecular weight excluding hydrogens is 473 g/mol. The fourth-order valence-corrected chi connectivity index (χ4v) is 4.19. The summed E-state index contributed by atoms with van der Waals surface area (Å²) in [5, 5.41) is 2.06. The van der Waals surface area contributed by atoms with Crippen LogP contribution < -0.4 is 19.1 Å². The average Bonchev–Trinajstić information content (AvgIpc) is 2.70. The molecule has 0 fully saturated rings. The summed E-state index contributed by atoms with van der Waals surface area (Å²) in [6.45, 7) is 1.78. The maximum absolute atomic E-state index is 13.2. The van der Waals surface area contributed by atoms with E-state index in [4.69, 9.17) is 21.1 Å². The summed E-state index contributed by atoms with van der Waals surface area (Å²) < 4.78 is 75.5. The van der Waals surface area contributed by atoms with E-state index in [1.165, 1.54) is 0 Å². The van der Waals surface area contributed by atoms with Crippen LogP contribution in [-0.4, -0.2) is 40.3 Å². The van der Waals surface area contributed by atoms with Crippen LogP contribution in [0.1, 0.15) is 24.1 Å². The molecule has 12 heteroatoms. The summed E-state index contributed by atoms with van der Waals surface area (Å²) in [6.07, 6.45) is -3.99. The van der Waals surface area contributed by atoms with Crippen LogP contribution >= 0.6 is 11.6 Å². The SMILES string of the molecule is C[C@@H](NC(=O)CN(c1ccc(Cl)c(C(F)(F)F)c1)S(C)(=O)=O)c1ccc2c(c1)OCCO2. The number of anilines is 1. The van der Waals surface area contributed by atoms with Crippen LogP contribution in [0.25, 0.3) is 0 Å². The van der Waals surface area contributed by atoms with Gasteiger partial charge in [0.1, 0.15) is 19.8 Å². The van der Waals surface area contributed by atoms with Crippen molar-refractivity contribution in [1.82, 2.24) is 5.32 Å². The van der Waals surface area contributed by atoms with Gasteiger partial charge in [0.25, 0.3) is 0 Å². The van der Waals surface area contributed by atoms with Crippen molar-refractivity contribution in [2.45, 2.75) is 19.1 Å². The molecule has 1 aliphatic rings. The Labute approximate surface area is 188 Å². The summed E-state index contributed by atoms with van der Waals surface area (Å²) in [6, 6.07) is 7.23. The van der Waals surface area contributed by atoms with Crippen LogP contribution in [0, 0.1) is 0 Å². The predicted molar refractivity (Wildman–Crippen MR) is 113 cm³/mol. The van der Waals surface area contributed by atoms with Gasteiger partial charge >= 0.3 is 6.18 Å². The zero-order chi connectivity index (χ0) is 23.7. The van der Waals surface area contributed by atoms with E-state index in [0.29, 0.717) is 40.6 Å². The van der Waals surface area contributed by atoms with E-state index in [0.717, 1.165) is 18.4 Å². The van der Waals surface area contributed by atoms with Crippen molar-refractivity contribution >= 4 is 33.2 Å². The molecule has 1 N–H and O–H groups in total. The first-order valence-electron chi connectivity index (χ1n) is 9.39. The third-order valence-corrected chi connectivity index (χ3v) is 6.14. The number of halogens is 4. The van der Waals surface area contributed by atoms with Gasteiger partial charge in [0, 0.05) is 0 Å². The van der Waals surface area contributed by atoms with E-state index in [1.54, 1.807) is 25.1 Å². The second-order valence-corrected chi connectivity index (χ2v) is 9.44. The van der Waals surface area contributed by atoms with Crippen LogP contribution in [0.2, 0.25) is 5.02 Å². The smallest absolute Gasteiger partial charge is 0.417 e. The lowest BCUT2D eigenvalue weighted by Crippen LogP contribution is -2.41. The first-order chi connectivity index (χ1) is 14.9. The molecule has 0 radical (unpaired) electrons. The number of hydrogen-bond acceptors (Lipinski definition) is 5. The highest BCUT2D eigenvalue weighted by atomic mass is 35.5. The van der Waals surface area contributed by atoms with Gasteiger partial charge in [-0.25, -0.2) is 8.42 Å². The molecular formula is C20H20ClF3N2O5S. The number of carbonyl (C=O) groups excluding carboxylic acids is 1. The van der Waals surface area contributed by atoms with Gasteiger partial charge in [0.05, 0.1) is 28.6 Å². The molecule has 1 heterocycles. The summed E-state index contributed by atoms with van der Waals surface area (Å²) in [7, 11) is -4.08. The van der Waals surface area contributed by atoms with Gasteiger partial charge in [0.15, 0.2) is 11.5 Å². The zero-order valence-corrected chi connectivity index (χ0v) is 18.6. The molecule has 174 valence electrons. The summed E-state index contributed by atoms with van der Waals surface area (Å²) in [4.78, 5) is 12.6. The maximum atomic E-state index is 13.2. The summed E-state index contributed by atoms with van der Waals surface area (Å²) >= 11 is 5.61. The lowest BCUT2D eigenvalue weighted by atomic mass is 10.1. The summed E-state index contributed by atoms with van der Waals surface area (Å²) in [5.41, 5.74) is -0.846. The van der Waals surface area contributed by atoms with Crippen LogP contribution in [0.5, 0.6) is 11.5 Å². The molecule has 0 unspecified atom stereocenters. The Morgan fingerprint density at radius 2 is 1.81 bits per heavy atom. The number of sulfonamides is 1. The third-order valence-electron chi connectivity index (χ3n) is 4.67. The molecule has 0 aliphatic carbocycles. The summed E-state index contributed by atoms with van der Waals surface area (Å²) in [5.74, 6) is 0.389. The zero-order valence-electron chi connectivity index (χ0n) is 17.1. The number of benzene rings is 2. The monoisotopic (exact) mass is 492 g/mol. The predicted octanol–water partition coefficient (Wildman–Crippen LogP) is 3.77. The fourth-order valence-electron chi connectivity index (χ4n) is 3.12. The van der Waals surface area contributed by atoms with Crippen molar-refractivity contribution in [2.75, 3.05) is 30.3 Å². The first-order valence-corrected chi connectivity index (χ1v) is 11.6. The van der Waals surface area contributed by atoms with Gasteiger partial charge in [-0.2, -0.15) is 13.2 Å². The second-order valence-electron chi connectivity index (χ2n) is 7.12. The number of fused-ring (bicyclic) bond motifs is 1. The van der Waals surface area contributed by atoms with Gasteiger partial charge < -0.3 is 14.8 Å². The van der Waals surface area contributed by atoms with Crippen molar-refractivity contribution in [2.24, 2.45) is 0 Å². The molecule has 0 saturated heterocycles. The minimum atomic E-state index is -4.79.